The van der Waals surface area contributed by atoms with Gasteiger partial charge < -0.3 is 5.32 Å². The molecule has 1 aromatic carbocycles. The van der Waals surface area contributed by atoms with Crippen molar-refractivity contribution < 1.29 is 9.72 Å². The van der Waals surface area contributed by atoms with E-state index in [4.69, 9.17) is 0 Å². The number of nitrogens with zero attached hydrogens (tertiary/aromatic N) is 1. The quantitative estimate of drug-likeness (QED) is 0.377. The standard InChI is InChI=1S/C13H16N2O3/c1-3-4-5-8-14-13(16)11-9-10(2)6-7-12(11)15(17)18/h3-4,6-7,9H,5,8H2,1-2H3,(H,14,16)/b4-3+. The summed E-state index contributed by atoms with van der Waals surface area (Å²) in [4.78, 5) is 22.1. The average Bonchev–Trinajstić information content (AvgIpc) is 2.34. The molecule has 96 valence electrons. The van der Waals surface area contributed by atoms with E-state index in [-0.39, 0.29) is 11.3 Å². The first kappa shape index (κ1) is 13.9. The molecule has 5 heteroatoms. The molecule has 0 unspecified atom stereocenters. The van der Waals surface area contributed by atoms with Gasteiger partial charge in [0.2, 0.25) is 0 Å². The third-order valence-electron chi connectivity index (χ3n) is 2.43. The number of hydrogen-bond acceptors (Lipinski definition) is 3. The second-order valence-electron chi connectivity index (χ2n) is 3.89. The van der Waals surface area contributed by atoms with Gasteiger partial charge in [-0.2, -0.15) is 0 Å². The lowest BCUT2D eigenvalue weighted by atomic mass is 10.1. The maximum Gasteiger partial charge on any atom is 0.282 e. The van der Waals surface area contributed by atoms with Gasteiger partial charge in [-0.1, -0.05) is 18.2 Å². The van der Waals surface area contributed by atoms with Gasteiger partial charge in [-0.15, -0.1) is 0 Å². The highest BCUT2D eigenvalue weighted by Crippen LogP contribution is 2.19. The van der Waals surface area contributed by atoms with Crippen LogP contribution < -0.4 is 5.32 Å². The largest absolute Gasteiger partial charge is 0.352 e. The number of carbonyl (C=O) groups is 1. The van der Waals surface area contributed by atoms with E-state index in [9.17, 15) is 14.9 Å². The Morgan fingerprint density at radius 2 is 2.22 bits per heavy atom. The molecule has 0 spiro atoms. The minimum absolute atomic E-state index is 0.112. The van der Waals surface area contributed by atoms with Crippen LogP contribution in [0.25, 0.3) is 0 Å². The fourth-order valence-corrected chi connectivity index (χ4v) is 1.52. The van der Waals surface area contributed by atoms with E-state index in [1.54, 1.807) is 13.0 Å². The number of nitro benzene ring substituents is 1. The van der Waals surface area contributed by atoms with Crippen LogP contribution in [0.3, 0.4) is 0 Å². The molecule has 0 saturated carbocycles. The number of nitro groups is 1. The lowest BCUT2D eigenvalue weighted by Gasteiger charge is -2.05. The SMILES string of the molecule is C/C=C/CCNC(=O)c1cc(C)ccc1[N+](=O)[O-]. The number of rotatable bonds is 5. The van der Waals surface area contributed by atoms with Crippen LogP contribution in [0.15, 0.2) is 30.4 Å². The summed E-state index contributed by atoms with van der Waals surface area (Å²) < 4.78 is 0. The number of allylic oxidation sites excluding steroid dienone is 1. The summed E-state index contributed by atoms with van der Waals surface area (Å²) in [5, 5.41) is 13.5. The predicted molar refractivity (Wildman–Crippen MR) is 69.6 cm³/mol. The number of benzene rings is 1. The zero-order valence-corrected chi connectivity index (χ0v) is 10.5. The van der Waals surface area contributed by atoms with Crippen molar-refractivity contribution in [3.63, 3.8) is 0 Å². The molecule has 0 radical (unpaired) electrons. The summed E-state index contributed by atoms with van der Waals surface area (Å²) in [5.74, 6) is -0.407. The lowest BCUT2D eigenvalue weighted by molar-refractivity contribution is -0.385. The zero-order chi connectivity index (χ0) is 13.5. The van der Waals surface area contributed by atoms with E-state index < -0.39 is 10.8 Å². The molecule has 1 amide bonds. The first-order valence-corrected chi connectivity index (χ1v) is 5.70. The maximum atomic E-state index is 11.8. The number of hydrogen-bond donors (Lipinski definition) is 1. The van der Waals surface area contributed by atoms with Crippen LogP contribution >= 0.6 is 0 Å². The Balaban J connectivity index is 2.83. The Labute approximate surface area is 106 Å². The fourth-order valence-electron chi connectivity index (χ4n) is 1.52. The Kier molecular flexibility index (Phi) is 5.05. The predicted octanol–water partition coefficient (Wildman–Crippen LogP) is 2.60. The Morgan fingerprint density at radius 3 is 2.83 bits per heavy atom. The van der Waals surface area contributed by atoms with E-state index in [0.29, 0.717) is 13.0 Å². The van der Waals surface area contributed by atoms with Gasteiger partial charge >= 0.3 is 0 Å². The molecule has 0 heterocycles. The average molecular weight is 248 g/mol. The highest BCUT2D eigenvalue weighted by atomic mass is 16.6. The molecule has 0 bridgehead atoms. The van der Waals surface area contributed by atoms with Crippen molar-refractivity contribution in [2.45, 2.75) is 20.3 Å². The van der Waals surface area contributed by atoms with Gasteiger partial charge in [-0.25, -0.2) is 0 Å². The number of aryl methyl sites for hydroxylation is 1. The highest BCUT2D eigenvalue weighted by Gasteiger charge is 2.19. The zero-order valence-electron chi connectivity index (χ0n) is 10.5. The van der Waals surface area contributed by atoms with Crippen LogP contribution in [-0.2, 0) is 0 Å². The van der Waals surface area contributed by atoms with Crippen molar-refractivity contribution in [3.8, 4) is 0 Å². The normalized spacial score (nSPS) is 10.6. The summed E-state index contributed by atoms with van der Waals surface area (Å²) in [6, 6.07) is 4.51. The molecule has 0 saturated heterocycles. The Hall–Kier alpha value is -2.17. The van der Waals surface area contributed by atoms with E-state index in [0.717, 1.165) is 5.56 Å². The van der Waals surface area contributed by atoms with Gasteiger partial charge in [0.15, 0.2) is 0 Å². The van der Waals surface area contributed by atoms with Crippen LogP contribution in [0.5, 0.6) is 0 Å². The van der Waals surface area contributed by atoms with Crippen LogP contribution in [-0.4, -0.2) is 17.4 Å². The van der Waals surface area contributed by atoms with Gasteiger partial charge in [-0.05, 0) is 31.9 Å². The second-order valence-corrected chi connectivity index (χ2v) is 3.89. The van der Waals surface area contributed by atoms with Crippen molar-refractivity contribution in [1.29, 1.82) is 0 Å². The first-order valence-electron chi connectivity index (χ1n) is 5.70. The molecule has 5 nitrogen and oxygen atoms in total. The number of carbonyl (C=O) groups excluding carboxylic acids is 1. The monoisotopic (exact) mass is 248 g/mol. The maximum absolute atomic E-state index is 11.8. The number of amides is 1. The van der Waals surface area contributed by atoms with Gasteiger partial charge in [0, 0.05) is 12.6 Å². The van der Waals surface area contributed by atoms with Gasteiger partial charge in [0.25, 0.3) is 11.6 Å². The molecule has 0 aromatic heterocycles. The second kappa shape index (κ2) is 6.54. The molecule has 0 aliphatic carbocycles. The fraction of sp³-hybridized carbons (Fsp3) is 0.308. The molecule has 0 fully saturated rings. The van der Waals surface area contributed by atoms with Crippen molar-refractivity contribution in [1.82, 2.24) is 5.32 Å². The molecule has 0 aliphatic rings. The smallest absolute Gasteiger partial charge is 0.282 e. The Morgan fingerprint density at radius 1 is 1.50 bits per heavy atom. The summed E-state index contributed by atoms with van der Waals surface area (Å²) in [6.07, 6.45) is 4.52. The molecule has 1 rings (SSSR count). The Bertz CT molecular complexity index is 481. The van der Waals surface area contributed by atoms with Gasteiger partial charge in [0.05, 0.1) is 4.92 Å². The van der Waals surface area contributed by atoms with Crippen molar-refractivity contribution in [3.05, 3.63) is 51.6 Å². The molecule has 1 aromatic rings. The first-order chi connectivity index (χ1) is 8.56. The molecule has 0 aliphatic heterocycles. The van der Waals surface area contributed by atoms with E-state index in [2.05, 4.69) is 5.32 Å². The summed E-state index contributed by atoms with van der Waals surface area (Å²) in [5.41, 5.74) is 0.767. The van der Waals surface area contributed by atoms with Crippen LogP contribution in [0, 0.1) is 17.0 Å². The molecule has 0 atom stereocenters. The summed E-state index contributed by atoms with van der Waals surface area (Å²) >= 11 is 0. The van der Waals surface area contributed by atoms with Crippen LogP contribution in [0.1, 0.15) is 29.3 Å². The third kappa shape index (κ3) is 3.69. The van der Waals surface area contributed by atoms with Gasteiger partial charge in [-0.3, -0.25) is 14.9 Å². The highest BCUT2D eigenvalue weighted by molar-refractivity contribution is 5.98. The third-order valence-corrected chi connectivity index (χ3v) is 2.43. The molecule has 1 N–H and O–H groups in total. The minimum Gasteiger partial charge on any atom is -0.352 e. The number of nitrogens with one attached hydrogen (secondary N) is 1. The minimum atomic E-state index is -0.541. The van der Waals surface area contributed by atoms with Crippen molar-refractivity contribution >= 4 is 11.6 Å². The van der Waals surface area contributed by atoms with E-state index in [1.165, 1.54) is 12.1 Å². The molecular weight excluding hydrogens is 232 g/mol. The lowest BCUT2D eigenvalue weighted by Crippen LogP contribution is -2.25. The van der Waals surface area contributed by atoms with Gasteiger partial charge in [0.1, 0.15) is 5.56 Å². The van der Waals surface area contributed by atoms with Crippen molar-refractivity contribution in [2.75, 3.05) is 6.54 Å². The summed E-state index contributed by atoms with van der Waals surface area (Å²) in [6.45, 7) is 4.15. The van der Waals surface area contributed by atoms with Crippen LogP contribution in [0.2, 0.25) is 0 Å². The van der Waals surface area contributed by atoms with Crippen LogP contribution in [0.4, 0.5) is 5.69 Å². The summed E-state index contributed by atoms with van der Waals surface area (Å²) in [7, 11) is 0. The van der Waals surface area contributed by atoms with E-state index >= 15 is 0 Å². The van der Waals surface area contributed by atoms with Crippen molar-refractivity contribution in [2.24, 2.45) is 0 Å². The molecule has 18 heavy (non-hydrogen) atoms. The van der Waals surface area contributed by atoms with E-state index in [1.807, 2.05) is 19.1 Å². The molecular formula is C13H16N2O3. The topological polar surface area (TPSA) is 72.2 Å².